The molecule has 2 rings (SSSR count). The summed E-state index contributed by atoms with van der Waals surface area (Å²) in [5.41, 5.74) is 0.432. The zero-order chi connectivity index (χ0) is 17.7. The van der Waals surface area contributed by atoms with E-state index in [-0.39, 0.29) is 18.8 Å². The molecule has 0 unspecified atom stereocenters. The number of hydrogen-bond acceptors (Lipinski definition) is 4. The number of rotatable bonds is 6. The van der Waals surface area contributed by atoms with Crippen LogP contribution in [0.5, 0.6) is 0 Å². The molecule has 1 fully saturated rings. The fourth-order valence-corrected chi connectivity index (χ4v) is 4.11. The lowest BCUT2D eigenvalue weighted by Crippen LogP contribution is -2.52. The molecule has 9 heteroatoms. The smallest absolute Gasteiger partial charge is 0.281 e. The molecule has 0 aliphatic carbocycles. The Hall–Kier alpha value is -1.24. The van der Waals surface area contributed by atoms with Gasteiger partial charge in [0.25, 0.3) is 10.2 Å². The van der Waals surface area contributed by atoms with Gasteiger partial charge in [-0.25, -0.2) is 4.39 Å². The number of nitrogens with zero attached hydrogens (tertiary/aromatic N) is 4. The van der Waals surface area contributed by atoms with E-state index >= 15 is 0 Å². The topological polar surface area (TPSA) is 67.6 Å². The quantitative estimate of drug-likeness (QED) is 0.759. The lowest BCUT2D eigenvalue weighted by atomic mass is 10.2. The largest absolute Gasteiger partial charge is 0.296 e. The minimum atomic E-state index is -3.56. The minimum Gasteiger partial charge on any atom is -0.296 e. The molecule has 0 radical (unpaired) electrons. The van der Waals surface area contributed by atoms with Gasteiger partial charge in [-0.3, -0.25) is 4.90 Å². The maximum atomic E-state index is 13.8. The minimum absolute atomic E-state index is 0.154. The highest BCUT2D eigenvalue weighted by Gasteiger charge is 2.30. The van der Waals surface area contributed by atoms with Crippen LogP contribution in [0.4, 0.5) is 4.39 Å². The Morgan fingerprint density at radius 1 is 1.33 bits per heavy atom. The second kappa shape index (κ2) is 8.23. The molecule has 0 amide bonds. The van der Waals surface area contributed by atoms with Crippen LogP contribution >= 0.6 is 11.6 Å². The molecule has 24 heavy (non-hydrogen) atoms. The first kappa shape index (κ1) is 19.1. The standard InChI is InChI=1S/C15H20ClFN4O2S/c1-19(7-3-6-18)24(22,23)21-10-8-20(9-11-21)12-13-14(16)4-2-5-15(13)17/h2,4-5H,3,7-12H2,1H3. The van der Waals surface area contributed by atoms with E-state index in [1.807, 2.05) is 11.0 Å². The van der Waals surface area contributed by atoms with Gasteiger partial charge in [-0.15, -0.1) is 0 Å². The molecule has 0 N–H and O–H groups in total. The summed E-state index contributed by atoms with van der Waals surface area (Å²) in [5, 5.41) is 8.95. The van der Waals surface area contributed by atoms with Crippen molar-refractivity contribution in [1.82, 2.24) is 13.5 Å². The average Bonchev–Trinajstić information content (AvgIpc) is 2.56. The normalized spacial score (nSPS) is 17.1. The predicted molar refractivity (Wildman–Crippen MR) is 90.0 cm³/mol. The van der Waals surface area contributed by atoms with E-state index in [0.29, 0.717) is 43.3 Å². The van der Waals surface area contributed by atoms with Crippen LogP contribution in [0.25, 0.3) is 0 Å². The van der Waals surface area contributed by atoms with Crippen molar-refractivity contribution in [2.24, 2.45) is 0 Å². The van der Waals surface area contributed by atoms with E-state index in [0.717, 1.165) is 0 Å². The van der Waals surface area contributed by atoms with Gasteiger partial charge < -0.3 is 0 Å². The Bertz CT molecular complexity index is 694. The summed E-state index contributed by atoms with van der Waals surface area (Å²) in [4.78, 5) is 1.98. The van der Waals surface area contributed by atoms with Gasteiger partial charge in [0, 0.05) is 63.3 Å². The highest BCUT2D eigenvalue weighted by molar-refractivity contribution is 7.86. The fraction of sp³-hybridized carbons (Fsp3) is 0.533. The first-order valence-electron chi connectivity index (χ1n) is 7.60. The molecule has 1 aromatic carbocycles. The summed E-state index contributed by atoms with van der Waals surface area (Å²) in [6, 6.07) is 6.51. The maximum absolute atomic E-state index is 13.8. The van der Waals surface area contributed by atoms with Crippen molar-refractivity contribution in [3.05, 3.63) is 34.6 Å². The van der Waals surface area contributed by atoms with Gasteiger partial charge in [0.15, 0.2) is 0 Å². The third kappa shape index (κ3) is 4.43. The van der Waals surface area contributed by atoms with E-state index in [1.165, 1.54) is 21.7 Å². The highest BCUT2D eigenvalue weighted by atomic mass is 35.5. The molecule has 1 aromatic rings. The molecule has 1 aliphatic rings. The van der Waals surface area contributed by atoms with Crippen molar-refractivity contribution in [2.75, 3.05) is 39.8 Å². The molecular weight excluding hydrogens is 355 g/mol. The SMILES string of the molecule is CN(CCC#N)S(=O)(=O)N1CCN(Cc2c(F)cccc2Cl)CC1. The second-order valence-electron chi connectivity index (χ2n) is 5.61. The van der Waals surface area contributed by atoms with Crippen molar-refractivity contribution in [3.8, 4) is 6.07 Å². The average molecular weight is 375 g/mol. The van der Waals surface area contributed by atoms with Crippen molar-refractivity contribution >= 4 is 21.8 Å². The van der Waals surface area contributed by atoms with Gasteiger partial charge in [0.2, 0.25) is 0 Å². The Kier molecular flexibility index (Phi) is 6.54. The Labute approximate surface area is 147 Å². The molecule has 1 saturated heterocycles. The maximum Gasteiger partial charge on any atom is 0.281 e. The van der Waals surface area contributed by atoms with E-state index in [1.54, 1.807) is 12.1 Å². The number of benzene rings is 1. The molecule has 0 spiro atoms. The van der Waals surface area contributed by atoms with Gasteiger partial charge in [-0.05, 0) is 12.1 Å². The van der Waals surface area contributed by atoms with Crippen molar-refractivity contribution in [2.45, 2.75) is 13.0 Å². The van der Waals surface area contributed by atoms with Gasteiger partial charge in [0.05, 0.1) is 6.07 Å². The third-order valence-electron chi connectivity index (χ3n) is 4.03. The monoisotopic (exact) mass is 374 g/mol. The van der Waals surface area contributed by atoms with Gasteiger partial charge in [-0.1, -0.05) is 17.7 Å². The van der Waals surface area contributed by atoms with Gasteiger partial charge in [-0.2, -0.15) is 22.3 Å². The number of halogens is 2. The summed E-state index contributed by atoms with van der Waals surface area (Å²) in [6.07, 6.45) is 0.154. The Balaban J connectivity index is 1.95. The van der Waals surface area contributed by atoms with E-state index in [9.17, 15) is 12.8 Å². The third-order valence-corrected chi connectivity index (χ3v) is 6.38. The highest BCUT2D eigenvalue weighted by Crippen LogP contribution is 2.22. The van der Waals surface area contributed by atoms with Crippen LogP contribution in [0.15, 0.2) is 18.2 Å². The lowest BCUT2D eigenvalue weighted by Gasteiger charge is -2.35. The Morgan fingerprint density at radius 2 is 2.00 bits per heavy atom. The molecule has 0 bridgehead atoms. The Morgan fingerprint density at radius 3 is 2.58 bits per heavy atom. The first-order chi connectivity index (χ1) is 11.4. The summed E-state index contributed by atoms with van der Waals surface area (Å²) < 4.78 is 41.2. The molecule has 0 aromatic heterocycles. The fourth-order valence-electron chi connectivity index (χ4n) is 2.55. The molecule has 1 heterocycles. The van der Waals surface area contributed by atoms with Crippen LogP contribution in [0.1, 0.15) is 12.0 Å². The van der Waals surface area contributed by atoms with Crippen LogP contribution in [-0.2, 0) is 16.8 Å². The summed E-state index contributed by atoms with van der Waals surface area (Å²) in [6.45, 7) is 2.16. The van der Waals surface area contributed by atoms with Crippen molar-refractivity contribution in [3.63, 3.8) is 0 Å². The zero-order valence-corrected chi connectivity index (χ0v) is 15.0. The predicted octanol–water partition coefficient (Wildman–Crippen LogP) is 1.69. The van der Waals surface area contributed by atoms with Gasteiger partial charge in [0.1, 0.15) is 5.82 Å². The molecule has 1 aliphatic heterocycles. The van der Waals surface area contributed by atoms with E-state index in [2.05, 4.69) is 0 Å². The number of piperazine rings is 1. The first-order valence-corrected chi connectivity index (χ1v) is 9.37. The van der Waals surface area contributed by atoms with Crippen LogP contribution in [0.2, 0.25) is 5.02 Å². The number of nitriles is 1. The summed E-state index contributed by atoms with van der Waals surface area (Å²) >= 11 is 6.03. The molecule has 0 saturated carbocycles. The molecular formula is C15H20ClFN4O2S. The van der Waals surface area contributed by atoms with Crippen molar-refractivity contribution < 1.29 is 12.8 Å². The van der Waals surface area contributed by atoms with Crippen LogP contribution < -0.4 is 0 Å². The van der Waals surface area contributed by atoms with E-state index in [4.69, 9.17) is 16.9 Å². The molecule has 0 atom stereocenters. The van der Waals surface area contributed by atoms with Crippen LogP contribution in [0, 0.1) is 17.1 Å². The summed E-state index contributed by atoms with van der Waals surface area (Å²) in [5.74, 6) is -0.353. The zero-order valence-electron chi connectivity index (χ0n) is 13.5. The lowest BCUT2D eigenvalue weighted by molar-refractivity contribution is 0.174. The van der Waals surface area contributed by atoms with E-state index < -0.39 is 10.2 Å². The molecule has 6 nitrogen and oxygen atoms in total. The van der Waals surface area contributed by atoms with Gasteiger partial charge >= 0.3 is 0 Å². The van der Waals surface area contributed by atoms with Crippen LogP contribution in [-0.4, -0.2) is 61.7 Å². The summed E-state index contributed by atoms with van der Waals surface area (Å²) in [7, 11) is -2.09. The van der Waals surface area contributed by atoms with Crippen LogP contribution in [0.3, 0.4) is 0 Å². The number of hydrogen-bond donors (Lipinski definition) is 0. The molecule has 132 valence electrons. The second-order valence-corrected chi connectivity index (χ2v) is 8.06. The van der Waals surface area contributed by atoms with Crippen molar-refractivity contribution in [1.29, 1.82) is 5.26 Å².